The van der Waals surface area contributed by atoms with Crippen molar-refractivity contribution >= 4 is 49.7 Å². The number of aromatic nitrogens is 4. The second-order valence-corrected chi connectivity index (χ2v) is 16.8. The first kappa shape index (κ1) is 31.4. The number of aliphatic hydroxyl groups is 3. The Kier molecular flexibility index (Phi) is 7.85. The van der Waals surface area contributed by atoms with Crippen LogP contribution < -0.4 is 11.1 Å². The van der Waals surface area contributed by atoms with Crippen LogP contribution >= 0.6 is 26.8 Å². The third-order valence-corrected chi connectivity index (χ3v) is 12.7. The van der Waals surface area contributed by atoms with Crippen LogP contribution in [0.3, 0.4) is 0 Å². The molecule has 7 rings (SSSR count). The molecule has 0 spiro atoms. The minimum atomic E-state index is -4.88. The molecule has 1 aliphatic heterocycles. The molecule has 5 aliphatic rings. The first-order valence-electron chi connectivity index (χ1n) is 13.7. The summed E-state index contributed by atoms with van der Waals surface area (Å²) in [7, 11) is -9.62. The van der Waals surface area contributed by atoms with Crippen molar-refractivity contribution < 1.29 is 53.2 Å². The zero-order valence-electron chi connectivity index (χ0n) is 22.6. The maximum atomic E-state index is 13.5. The quantitative estimate of drug-likeness (QED) is 0.130. The van der Waals surface area contributed by atoms with Crippen molar-refractivity contribution in [2.75, 3.05) is 17.8 Å². The highest BCUT2D eigenvalue weighted by atomic mass is 35.5. The fourth-order valence-corrected chi connectivity index (χ4v) is 10.6. The fraction of sp³-hybridized carbons (Fsp3) is 0.739. The molecule has 10 atom stereocenters. The van der Waals surface area contributed by atoms with Crippen LogP contribution in [0.5, 0.6) is 0 Å². The van der Waals surface area contributed by atoms with Gasteiger partial charge < -0.3 is 50.3 Å². The van der Waals surface area contributed by atoms with Gasteiger partial charge in [-0.1, -0.05) is 0 Å². The summed E-state index contributed by atoms with van der Waals surface area (Å²) < 4.78 is 34.7. The van der Waals surface area contributed by atoms with Crippen molar-refractivity contribution in [1.82, 2.24) is 19.5 Å². The lowest BCUT2D eigenvalue weighted by atomic mass is 9.46. The Morgan fingerprint density at radius 2 is 1.86 bits per heavy atom. The van der Waals surface area contributed by atoms with E-state index in [1.54, 1.807) is 0 Å². The third-order valence-electron chi connectivity index (χ3n) is 9.07. The Labute approximate surface area is 249 Å². The number of aliphatic hydroxyl groups excluding tert-OH is 2. The fourth-order valence-electron chi connectivity index (χ4n) is 7.84. The Balaban J connectivity index is 1.20. The van der Waals surface area contributed by atoms with Gasteiger partial charge in [0.2, 0.25) is 11.2 Å². The predicted molar refractivity (Wildman–Crippen MR) is 148 cm³/mol. The first-order chi connectivity index (χ1) is 20.0. The monoisotopic (exact) mass is 666 g/mol. The number of carbonyl (C=O) groups excluding carboxylic acids is 1. The van der Waals surface area contributed by atoms with Crippen LogP contribution in [0, 0.1) is 17.3 Å². The highest BCUT2D eigenvalue weighted by Crippen LogP contribution is 2.62. The van der Waals surface area contributed by atoms with Crippen molar-refractivity contribution in [1.29, 1.82) is 0 Å². The van der Waals surface area contributed by atoms with Gasteiger partial charge in [-0.2, -0.15) is 9.97 Å². The van der Waals surface area contributed by atoms with Gasteiger partial charge in [-0.05, 0) is 67.4 Å². The Hall–Kier alpha value is -1.59. The van der Waals surface area contributed by atoms with Gasteiger partial charge >= 0.3 is 15.2 Å². The van der Waals surface area contributed by atoms with Crippen LogP contribution in [0.25, 0.3) is 11.2 Å². The van der Waals surface area contributed by atoms with Crippen LogP contribution in [0.15, 0.2) is 6.33 Å². The molecule has 0 radical (unpaired) electrons. The summed E-state index contributed by atoms with van der Waals surface area (Å²) in [6.07, 6.45) is -0.340. The van der Waals surface area contributed by atoms with Crippen molar-refractivity contribution in [3.05, 3.63) is 11.6 Å². The molecule has 3 heterocycles. The van der Waals surface area contributed by atoms with Gasteiger partial charge in [0.15, 0.2) is 29.1 Å². The lowest BCUT2D eigenvalue weighted by Gasteiger charge is -2.61. The summed E-state index contributed by atoms with van der Waals surface area (Å²) >= 11 is 6.17. The average Bonchev–Trinajstić information content (AvgIpc) is 3.40. The van der Waals surface area contributed by atoms with E-state index in [0.717, 1.165) is 32.1 Å². The summed E-state index contributed by atoms with van der Waals surface area (Å²) in [6, 6.07) is -0.931. The highest BCUT2D eigenvalue weighted by molar-refractivity contribution is 7.70. The maximum Gasteiger partial charge on any atom is 0.340 e. The third kappa shape index (κ3) is 6.03. The van der Waals surface area contributed by atoms with E-state index in [4.69, 9.17) is 36.4 Å². The second-order valence-electron chi connectivity index (χ2n) is 12.5. The molecule has 238 valence electrons. The van der Waals surface area contributed by atoms with Gasteiger partial charge in [-0.15, -0.1) is 0 Å². The maximum absolute atomic E-state index is 13.5. The van der Waals surface area contributed by atoms with Gasteiger partial charge in [0, 0.05) is 0 Å². The second kappa shape index (κ2) is 10.7. The number of hydrogen-bond donors (Lipinski definition) is 8. The van der Waals surface area contributed by atoms with E-state index in [1.807, 2.05) is 0 Å². The molecule has 4 saturated carbocycles. The molecule has 5 fully saturated rings. The number of nitrogens with two attached hydrogens (primary N) is 1. The van der Waals surface area contributed by atoms with Gasteiger partial charge in [0.1, 0.15) is 18.3 Å². The molecule has 4 bridgehead atoms. The predicted octanol–water partition coefficient (Wildman–Crippen LogP) is 0.0332. The van der Waals surface area contributed by atoms with Crippen LogP contribution in [0.4, 0.5) is 5.82 Å². The highest BCUT2D eigenvalue weighted by Gasteiger charge is 2.60. The standard InChI is InChI=1S/C23H33ClN6O11P2/c24-21-28-17(27-19(33)16(25)22-2-10-1-11(3-22)5-23(34,4-10)7-22)13-18(29-21)30(8-26-13)20-15(32)14(31)12(41-20)6-40-43(38,39)9-42(35,36)37/h8,10-12,14-16,20,31-32,34H,1-7,9,25H2,(H,38,39)(H2,35,36,37)(H,27,28,29,33)/t10-,11?,12-,14?,15?,16?,20-,22?,23?/m1/s1. The largest absolute Gasteiger partial charge is 0.390 e. The molecule has 0 aromatic carbocycles. The number of nitrogens with one attached hydrogen (secondary N) is 1. The topological polar surface area (TPSA) is 273 Å². The zero-order chi connectivity index (χ0) is 31.1. The summed E-state index contributed by atoms with van der Waals surface area (Å²) in [5, 5.41) is 34.7. The Morgan fingerprint density at radius 1 is 1.19 bits per heavy atom. The van der Waals surface area contributed by atoms with Crippen LogP contribution in [0.1, 0.15) is 44.8 Å². The van der Waals surface area contributed by atoms with E-state index in [2.05, 4.69) is 20.3 Å². The van der Waals surface area contributed by atoms with Gasteiger partial charge in [0.25, 0.3) is 0 Å². The number of amides is 1. The van der Waals surface area contributed by atoms with Crippen molar-refractivity contribution in [3.8, 4) is 0 Å². The summed E-state index contributed by atoms with van der Waals surface area (Å²) in [6.45, 7) is -0.775. The molecule has 2 aromatic rings. The van der Waals surface area contributed by atoms with E-state index < -0.39 is 75.2 Å². The van der Waals surface area contributed by atoms with Gasteiger partial charge in [0.05, 0.1) is 24.6 Å². The molecule has 7 unspecified atom stereocenters. The van der Waals surface area contributed by atoms with E-state index in [-0.39, 0.29) is 22.3 Å². The molecule has 4 aliphatic carbocycles. The number of carbonyl (C=O) groups is 1. The van der Waals surface area contributed by atoms with E-state index >= 15 is 0 Å². The zero-order valence-corrected chi connectivity index (χ0v) is 25.2. The molecule has 1 saturated heterocycles. The SMILES string of the molecule is NC(C(=O)Nc1nc(Cl)nc2c1ncn2[C@@H]1O[C@H](COP(=O)(O)CP(=O)(O)O)C(O)C1O)C12CC3C[C@@H](CC(O)(C3)C1)C2. The summed E-state index contributed by atoms with van der Waals surface area (Å²) in [5.74, 6) is -1.37. The molecular weight excluding hydrogens is 634 g/mol. The smallest absolute Gasteiger partial charge is 0.340 e. The summed E-state index contributed by atoms with van der Waals surface area (Å²) in [5.41, 5.74) is 5.28. The first-order valence-corrected chi connectivity index (χ1v) is 17.6. The summed E-state index contributed by atoms with van der Waals surface area (Å²) in [4.78, 5) is 53.6. The van der Waals surface area contributed by atoms with Crippen molar-refractivity contribution in [2.45, 2.75) is 74.7 Å². The van der Waals surface area contributed by atoms with Crippen molar-refractivity contribution in [3.63, 3.8) is 0 Å². The van der Waals surface area contributed by atoms with E-state index in [0.29, 0.717) is 18.3 Å². The molecule has 9 N–H and O–H groups in total. The number of hydrogen-bond acceptors (Lipinski definition) is 12. The van der Waals surface area contributed by atoms with E-state index in [9.17, 15) is 34.1 Å². The number of nitrogens with zero attached hydrogens (tertiary/aromatic N) is 4. The lowest BCUT2D eigenvalue weighted by molar-refractivity contribution is -0.172. The minimum Gasteiger partial charge on any atom is -0.390 e. The molecular formula is C23H33ClN6O11P2. The Bertz CT molecular complexity index is 1520. The number of imidazole rings is 1. The number of rotatable bonds is 9. The molecule has 1 amide bonds. The van der Waals surface area contributed by atoms with Gasteiger partial charge in [-0.3, -0.25) is 18.5 Å². The number of halogens is 1. The lowest BCUT2D eigenvalue weighted by Crippen LogP contribution is -2.63. The molecule has 20 heteroatoms. The van der Waals surface area contributed by atoms with Gasteiger partial charge in [-0.25, -0.2) is 4.98 Å². The molecule has 43 heavy (non-hydrogen) atoms. The number of anilines is 1. The van der Waals surface area contributed by atoms with E-state index in [1.165, 1.54) is 10.9 Å². The normalized spacial score (nSPS) is 37.5. The number of fused-ring (bicyclic) bond motifs is 1. The minimum absolute atomic E-state index is 0.0140. The van der Waals surface area contributed by atoms with Crippen molar-refractivity contribution in [2.24, 2.45) is 23.0 Å². The van der Waals surface area contributed by atoms with Crippen LogP contribution in [-0.2, 0) is 23.2 Å². The molecule has 2 aromatic heterocycles. The number of ether oxygens (including phenoxy) is 1. The average molecular weight is 667 g/mol. The Morgan fingerprint density at radius 3 is 2.49 bits per heavy atom. The van der Waals surface area contributed by atoms with Crippen LogP contribution in [0.2, 0.25) is 5.28 Å². The molecule has 17 nitrogen and oxygen atoms in total. The van der Waals surface area contributed by atoms with Crippen LogP contribution in [-0.4, -0.2) is 97.9 Å².